The summed E-state index contributed by atoms with van der Waals surface area (Å²) in [5.41, 5.74) is 6.43. The van der Waals surface area contributed by atoms with Crippen LogP contribution in [-0.2, 0) is 16.1 Å². The number of H-pyrrole nitrogens is 1. The fourth-order valence-corrected chi connectivity index (χ4v) is 2.88. The van der Waals surface area contributed by atoms with Gasteiger partial charge in [0, 0.05) is 18.3 Å². The van der Waals surface area contributed by atoms with Gasteiger partial charge >= 0.3 is 11.9 Å². The first-order chi connectivity index (χ1) is 15.2. The third-order valence-corrected chi connectivity index (χ3v) is 4.53. The van der Waals surface area contributed by atoms with Crippen LogP contribution in [0.1, 0.15) is 22.5 Å². The molecule has 0 unspecified atom stereocenters. The summed E-state index contributed by atoms with van der Waals surface area (Å²) in [5.74, 6) is -3.42. The van der Waals surface area contributed by atoms with Crippen molar-refractivity contribution in [3.05, 3.63) is 52.1 Å². The van der Waals surface area contributed by atoms with Crippen molar-refractivity contribution >= 4 is 40.6 Å². The number of amides is 1. The summed E-state index contributed by atoms with van der Waals surface area (Å²) in [6.07, 6.45) is 0.734. The van der Waals surface area contributed by atoms with Gasteiger partial charge in [-0.3, -0.25) is 19.4 Å². The van der Waals surface area contributed by atoms with Crippen LogP contribution in [0.5, 0.6) is 0 Å². The van der Waals surface area contributed by atoms with Gasteiger partial charge in [0.05, 0.1) is 24.9 Å². The Bertz CT molecular complexity index is 1240. The number of aromatic amines is 1. The van der Waals surface area contributed by atoms with Gasteiger partial charge in [0.2, 0.25) is 5.95 Å². The normalized spacial score (nSPS) is 11.7. The van der Waals surface area contributed by atoms with Crippen molar-refractivity contribution < 1.29 is 24.6 Å². The molecule has 13 nitrogen and oxygen atoms in total. The third kappa shape index (κ3) is 4.95. The van der Waals surface area contributed by atoms with E-state index in [2.05, 4.69) is 25.3 Å². The van der Waals surface area contributed by atoms with Crippen molar-refractivity contribution in [2.75, 3.05) is 18.1 Å². The van der Waals surface area contributed by atoms with E-state index in [1.807, 2.05) is 0 Å². The number of carbonyl (C=O) groups excluding carboxylic acids is 1. The molecule has 0 spiro atoms. The maximum Gasteiger partial charge on any atom is 0.327 e. The monoisotopic (exact) mass is 441 g/mol. The van der Waals surface area contributed by atoms with E-state index < -0.39 is 35.9 Å². The first-order valence-electron chi connectivity index (χ1n) is 9.23. The Morgan fingerprint density at radius 2 is 1.88 bits per heavy atom. The number of fused-ring (bicyclic) bond motifs is 1. The smallest absolute Gasteiger partial charge is 0.327 e. The van der Waals surface area contributed by atoms with Crippen LogP contribution in [-0.4, -0.2) is 66.0 Å². The molecule has 1 atom stereocenters. The van der Waals surface area contributed by atoms with Crippen LogP contribution in [0, 0.1) is 0 Å². The average Bonchev–Trinajstić information content (AvgIpc) is 2.75. The fourth-order valence-electron chi connectivity index (χ4n) is 2.88. The molecule has 0 aliphatic heterocycles. The summed E-state index contributed by atoms with van der Waals surface area (Å²) >= 11 is 0. The SMILES string of the molecule is CN(C(=O)c1ccc(NCc2cnc3nc(N)[nH]c(=O)c3n2)cc1)[C@@H](CC(=O)O)C(=O)O. The third-order valence-electron chi connectivity index (χ3n) is 4.53. The van der Waals surface area contributed by atoms with Gasteiger partial charge in [-0.15, -0.1) is 0 Å². The number of nitrogens with zero attached hydrogens (tertiary/aromatic N) is 4. The van der Waals surface area contributed by atoms with Gasteiger partial charge in [0.1, 0.15) is 6.04 Å². The standard InChI is InChI=1S/C19H19N7O6/c1-26(12(18(31)32)6-13(27)28)17(30)9-2-4-10(5-3-9)21-7-11-8-22-15-14(23-11)16(29)25-19(20)24-15/h2-5,8,12,21H,6-7H2,1H3,(H,27,28)(H,31,32)(H3,20,22,24,25,29)/t12-/m0/s1. The van der Waals surface area contributed by atoms with Crippen molar-refractivity contribution in [2.45, 2.75) is 19.0 Å². The molecule has 166 valence electrons. The van der Waals surface area contributed by atoms with Crippen LogP contribution in [0.15, 0.2) is 35.3 Å². The topological polar surface area (TPSA) is 204 Å². The zero-order chi connectivity index (χ0) is 23.4. The summed E-state index contributed by atoms with van der Waals surface area (Å²) in [6, 6.07) is 4.65. The van der Waals surface area contributed by atoms with E-state index >= 15 is 0 Å². The van der Waals surface area contributed by atoms with Crippen LogP contribution < -0.4 is 16.6 Å². The molecule has 3 aromatic rings. The molecule has 6 N–H and O–H groups in total. The van der Waals surface area contributed by atoms with Crippen LogP contribution in [0.2, 0.25) is 0 Å². The molecule has 0 aliphatic rings. The Morgan fingerprint density at radius 1 is 1.19 bits per heavy atom. The quantitative estimate of drug-likeness (QED) is 0.312. The molecule has 2 aromatic heterocycles. The Balaban J connectivity index is 1.68. The minimum Gasteiger partial charge on any atom is -0.481 e. The van der Waals surface area contributed by atoms with Crippen LogP contribution in [0.3, 0.4) is 0 Å². The molecule has 3 rings (SSSR count). The Morgan fingerprint density at radius 3 is 2.50 bits per heavy atom. The number of carboxylic acid groups (broad SMARTS) is 2. The molecule has 2 heterocycles. The van der Waals surface area contributed by atoms with Crippen LogP contribution in [0.25, 0.3) is 11.2 Å². The number of hydrogen-bond donors (Lipinski definition) is 5. The highest BCUT2D eigenvalue weighted by Gasteiger charge is 2.29. The van der Waals surface area contributed by atoms with E-state index in [0.717, 1.165) is 4.90 Å². The van der Waals surface area contributed by atoms with Crippen molar-refractivity contribution in [1.82, 2.24) is 24.8 Å². The predicted octanol–water partition coefficient (Wildman–Crippen LogP) is -0.0927. The van der Waals surface area contributed by atoms with Gasteiger partial charge in [0.25, 0.3) is 11.5 Å². The van der Waals surface area contributed by atoms with Gasteiger partial charge in [-0.25, -0.2) is 14.8 Å². The summed E-state index contributed by atoms with van der Waals surface area (Å²) in [6.45, 7) is 0.222. The first-order valence-corrected chi connectivity index (χ1v) is 9.23. The lowest BCUT2D eigenvalue weighted by atomic mass is 10.1. The van der Waals surface area contributed by atoms with Gasteiger partial charge in [0.15, 0.2) is 11.2 Å². The molecule has 0 saturated carbocycles. The molecular formula is C19H19N7O6. The number of rotatable bonds is 8. The maximum atomic E-state index is 12.5. The molecule has 0 radical (unpaired) electrons. The second-order valence-corrected chi connectivity index (χ2v) is 6.78. The number of aromatic nitrogens is 4. The summed E-state index contributed by atoms with van der Waals surface area (Å²) < 4.78 is 0. The summed E-state index contributed by atoms with van der Waals surface area (Å²) in [7, 11) is 1.23. The van der Waals surface area contributed by atoms with Crippen molar-refractivity contribution in [3.63, 3.8) is 0 Å². The number of likely N-dealkylation sites (N-methyl/N-ethyl adjacent to an activating group) is 1. The number of aliphatic carboxylic acids is 2. The maximum absolute atomic E-state index is 12.5. The predicted molar refractivity (Wildman–Crippen MR) is 112 cm³/mol. The second kappa shape index (κ2) is 9.07. The van der Waals surface area contributed by atoms with E-state index in [1.165, 1.54) is 25.4 Å². The molecule has 0 bridgehead atoms. The zero-order valence-corrected chi connectivity index (χ0v) is 16.8. The van der Waals surface area contributed by atoms with Gasteiger partial charge < -0.3 is 26.2 Å². The Kier molecular flexibility index (Phi) is 6.28. The molecule has 13 heteroatoms. The van der Waals surface area contributed by atoms with Crippen LogP contribution >= 0.6 is 0 Å². The van der Waals surface area contributed by atoms with Gasteiger partial charge in [-0.2, -0.15) is 4.98 Å². The minimum absolute atomic E-state index is 0.0526. The number of carboxylic acids is 2. The van der Waals surface area contributed by atoms with Crippen molar-refractivity contribution in [1.29, 1.82) is 0 Å². The van der Waals surface area contributed by atoms with E-state index in [9.17, 15) is 24.3 Å². The Labute approximate surface area is 179 Å². The molecule has 32 heavy (non-hydrogen) atoms. The number of nitrogens with two attached hydrogens (primary N) is 1. The lowest BCUT2D eigenvalue weighted by molar-refractivity contribution is -0.148. The lowest BCUT2D eigenvalue weighted by Gasteiger charge is -2.23. The lowest BCUT2D eigenvalue weighted by Crippen LogP contribution is -2.43. The highest BCUT2D eigenvalue weighted by Crippen LogP contribution is 2.15. The van der Waals surface area contributed by atoms with E-state index in [4.69, 9.17) is 10.8 Å². The fraction of sp³-hybridized carbons (Fsp3) is 0.211. The van der Waals surface area contributed by atoms with Crippen LogP contribution in [0.4, 0.5) is 11.6 Å². The summed E-state index contributed by atoms with van der Waals surface area (Å²) in [5, 5.41) is 21.1. The molecule has 0 aliphatic carbocycles. The number of nitrogen functional groups attached to an aromatic ring is 1. The molecule has 1 aromatic carbocycles. The number of anilines is 2. The molecule has 0 fully saturated rings. The second-order valence-electron chi connectivity index (χ2n) is 6.78. The van der Waals surface area contributed by atoms with Gasteiger partial charge in [-0.05, 0) is 24.3 Å². The van der Waals surface area contributed by atoms with Crippen molar-refractivity contribution in [3.8, 4) is 0 Å². The first kappa shape index (κ1) is 22.1. The summed E-state index contributed by atoms with van der Waals surface area (Å²) in [4.78, 5) is 62.0. The molecule has 0 saturated heterocycles. The largest absolute Gasteiger partial charge is 0.481 e. The molecular weight excluding hydrogens is 422 g/mol. The average molecular weight is 441 g/mol. The number of hydrogen-bond acceptors (Lipinski definition) is 9. The van der Waals surface area contributed by atoms with Gasteiger partial charge in [-0.1, -0.05) is 0 Å². The van der Waals surface area contributed by atoms with E-state index in [0.29, 0.717) is 11.4 Å². The number of nitrogens with one attached hydrogen (secondary N) is 2. The number of carbonyl (C=O) groups is 3. The minimum atomic E-state index is -1.49. The highest BCUT2D eigenvalue weighted by atomic mass is 16.4. The molecule has 1 amide bonds. The van der Waals surface area contributed by atoms with Crippen molar-refractivity contribution in [2.24, 2.45) is 0 Å². The zero-order valence-electron chi connectivity index (χ0n) is 16.8. The van der Waals surface area contributed by atoms with E-state index in [1.54, 1.807) is 12.1 Å². The van der Waals surface area contributed by atoms with E-state index in [-0.39, 0.29) is 29.2 Å². The highest BCUT2D eigenvalue weighted by molar-refractivity contribution is 5.97. The number of benzene rings is 1. The Hall–Kier alpha value is -4.55.